The maximum atomic E-state index is 11.2. The van der Waals surface area contributed by atoms with E-state index in [2.05, 4.69) is 10.1 Å². The number of carbonyl (C=O) groups is 1. The Labute approximate surface area is 97.8 Å². The number of hydrogen-bond acceptors (Lipinski definition) is 7. The van der Waals surface area contributed by atoms with E-state index in [9.17, 15) is 20.1 Å². The van der Waals surface area contributed by atoms with Gasteiger partial charge in [0.05, 0.1) is 6.61 Å². The van der Waals surface area contributed by atoms with E-state index >= 15 is 0 Å². The summed E-state index contributed by atoms with van der Waals surface area (Å²) in [5.74, 6) is -0.561. The lowest BCUT2D eigenvalue weighted by atomic mass is 9.97. The smallest absolute Gasteiger partial charge is 0.246 e. The third-order valence-corrected chi connectivity index (χ3v) is 2.50. The summed E-state index contributed by atoms with van der Waals surface area (Å²) in [5, 5.41) is 39.8. The van der Waals surface area contributed by atoms with Gasteiger partial charge in [0.15, 0.2) is 6.29 Å². The SMILES string of the molecule is COCC(=O)N[C@H]1C(O)OC(CO)[C@@H](O)C1O. The summed E-state index contributed by atoms with van der Waals surface area (Å²) in [6.45, 7) is -0.788. The summed E-state index contributed by atoms with van der Waals surface area (Å²) in [4.78, 5) is 11.2. The number of ether oxygens (including phenoxy) is 2. The van der Waals surface area contributed by atoms with Gasteiger partial charge in [-0.2, -0.15) is 0 Å². The Morgan fingerprint density at radius 2 is 2.00 bits per heavy atom. The molecule has 17 heavy (non-hydrogen) atoms. The highest BCUT2D eigenvalue weighted by molar-refractivity contribution is 5.77. The molecular formula is C9H17NO7. The van der Waals surface area contributed by atoms with Crippen LogP contribution in [0.4, 0.5) is 0 Å². The predicted molar refractivity (Wildman–Crippen MR) is 53.8 cm³/mol. The summed E-state index contributed by atoms with van der Waals surface area (Å²) >= 11 is 0. The van der Waals surface area contributed by atoms with E-state index in [0.717, 1.165) is 0 Å². The van der Waals surface area contributed by atoms with Crippen molar-refractivity contribution in [2.75, 3.05) is 20.3 Å². The molecule has 1 aliphatic rings. The van der Waals surface area contributed by atoms with E-state index < -0.39 is 43.2 Å². The van der Waals surface area contributed by atoms with Crippen molar-refractivity contribution in [3.8, 4) is 0 Å². The van der Waals surface area contributed by atoms with Crippen LogP contribution in [0.5, 0.6) is 0 Å². The Kier molecular flexibility index (Phi) is 5.25. The number of amides is 1. The van der Waals surface area contributed by atoms with Gasteiger partial charge in [-0.25, -0.2) is 0 Å². The van der Waals surface area contributed by atoms with Crippen molar-refractivity contribution in [3.63, 3.8) is 0 Å². The molecule has 0 radical (unpaired) electrons. The average Bonchev–Trinajstić information content (AvgIpc) is 2.29. The van der Waals surface area contributed by atoms with Crippen LogP contribution in [0.25, 0.3) is 0 Å². The van der Waals surface area contributed by atoms with Crippen LogP contribution in [0, 0.1) is 0 Å². The second-order valence-electron chi connectivity index (χ2n) is 3.76. The van der Waals surface area contributed by atoms with Gasteiger partial charge in [-0.05, 0) is 0 Å². The second-order valence-corrected chi connectivity index (χ2v) is 3.76. The zero-order valence-electron chi connectivity index (χ0n) is 9.31. The Hall–Kier alpha value is -0.770. The molecule has 1 rings (SSSR count). The number of aliphatic hydroxyl groups excluding tert-OH is 4. The van der Waals surface area contributed by atoms with E-state index in [1.165, 1.54) is 7.11 Å². The normalized spacial score (nSPS) is 37.8. The fourth-order valence-corrected chi connectivity index (χ4v) is 1.61. The third kappa shape index (κ3) is 3.35. The summed E-state index contributed by atoms with van der Waals surface area (Å²) in [5.41, 5.74) is 0. The molecule has 5 N–H and O–H groups in total. The molecule has 8 heteroatoms. The lowest BCUT2D eigenvalue weighted by Gasteiger charge is -2.40. The number of carbonyl (C=O) groups excluding carboxylic acids is 1. The fourth-order valence-electron chi connectivity index (χ4n) is 1.61. The van der Waals surface area contributed by atoms with E-state index in [4.69, 9.17) is 9.84 Å². The molecule has 1 aliphatic heterocycles. The first-order chi connectivity index (χ1) is 8.01. The van der Waals surface area contributed by atoms with Crippen molar-refractivity contribution >= 4 is 5.91 Å². The summed E-state index contributed by atoms with van der Waals surface area (Å²) in [7, 11) is 1.32. The summed E-state index contributed by atoms with van der Waals surface area (Å²) in [6, 6.07) is -1.17. The van der Waals surface area contributed by atoms with Crippen LogP contribution in [0.2, 0.25) is 0 Å². The quantitative estimate of drug-likeness (QED) is 0.351. The van der Waals surface area contributed by atoms with Gasteiger partial charge in [0.2, 0.25) is 5.91 Å². The number of aliphatic hydroxyl groups is 4. The van der Waals surface area contributed by atoms with Gasteiger partial charge in [-0.15, -0.1) is 0 Å². The first-order valence-corrected chi connectivity index (χ1v) is 5.10. The Balaban J connectivity index is 2.63. The monoisotopic (exact) mass is 251 g/mol. The molecule has 1 fully saturated rings. The van der Waals surface area contributed by atoms with Crippen LogP contribution in [0.3, 0.4) is 0 Å². The number of methoxy groups -OCH3 is 1. The molecule has 1 heterocycles. The topological polar surface area (TPSA) is 128 Å². The Morgan fingerprint density at radius 3 is 2.53 bits per heavy atom. The van der Waals surface area contributed by atoms with Crippen LogP contribution < -0.4 is 5.32 Å². The van der Waals surface area contributed by atoms with E-state index in [0.29, 0.717) is 0 Å². The lowest BCUT2D eigenvalue weighted by molar-refractivity contribution is -0.254. The second kappa shape index (κ2) is 6.24. The highest BCUT2D eigenvalue weighted by Gasteiger charge is 2.44. The molecule has 0 spiro atoms. The molecule has 0 aromatic rings. The first kappa shape index (κ1) is 14.3. The fraction of sp³-hybridized carbons (Fsp3) is 0.889. The molecule has 0 aromatic heterocycles. The van der Waals surface area contributed by atoms with Crippen LogP contribution >= 0.6 is 0 Å². The number of rotatable bonds is 4. The van der Waals surface area contributed by atoms with E-state index in [1.54, 1.807) is 0 Å². The van der Waals surface area contributed by atoms with Gasteiger partial charge in [-0.3, -0.25) is 4.79 Å². The van der Waals surface area contributed by atoms with Crippen molar-refractivity contribution in [2.24, 2.45) is 0 Å². The van der Waals surface area contributed by atoms with E-state index in [1.807, 2.05) is 0 Å². The van der Waals surface area contributed by atoms with Crippen molar-refractivity contribution in [1.82, 2.24) is 5.32 Å². The zero-order chi connectivity index (χ0) is 13.0. The molecule has 5 atom stereocenters. The van der Waals surface area contributed by atoms with Crippen LogP contribution in [0.15, 0.2) is 0 Å². The third-order valence-electron chi connectivity index (χ3n) is 2.50. The van der Waals surface area contributed by atoms with Crippen molar-refractivity contribution < 1.29 is 34.7 Å². The van der Waals surface area contributed by atoms with Gasteiger partial charge in [0.25, 0.3) is 0 Å². The maximum Gasteiger partial charge on any atom is 0.246 e. The van der Waals surface area contributed by atoms with Crippen LogP contribution in [-0.4, -0.2) is 77.3 Å². The summed E-state index contributed by atoms with van der Waals surface area (Å²) in [6.07, 6.45) is -5.42. The number of hydrogen-bond donors (Lipinski definition) is 5. The zero-order valence-corrected chi connectivity index (χ0v) is 9.31. The minimum absolute atomic E-state index is 0.241. The predicted octanol–water partition coefficient (Wildman–Crippen LogP) is -3.45. The van der Waals surface area contributed by atoms with Crippen LogP contribution in [-0.2, 0) is 14.3 Å². The van der Waals surface area contributed by atoms with Crippen molar-refractivity contribution in [1.29, 1.82) is 0 Å². The minimum Gasteiger partial charge on any atom is -0.394 e. The highest BCUT2D eigenvalue weighted by atomic mass is 16.6. The lowest BCUT2D eigenvalue weighted by Crippen LogP contribution is -2.64. The molecule has 1 amide bonds. The highest BCUT2D eigenvalue weighted by Crippen LogP contribution is 2.19. The standard InChI is InChI=1S/C9H17NO7/c1-16-3-5(12)10-6-8(14)7(13)4(2-11)17-9(6)15/h4,6-9,11,13-15H,2-3H2,1H3,(H,10,12)/t4?,6-,7-,8?,9?/m1/s1. The largest absolute Gasteiger partial charge is 0.394 e. The van der Waals surface area contributed by atoms with E-state index in [-0.39, 0.29) is 6.61 Å². The Morgan fingerprint density at radius 1 is 1.35 bits per heavy atom. The number of nitrogens with one attached hydrogen (secondary N) is 1. The van der Waals surface area contributed by atoms with Gasteiger partial charge in [0, 0.05) is 7.11 Å². The Bertz CT molecular complexity index is 262. The molecular weight excluding hydrogens is 234 g/mol. The minimum atomic E-state index is -1.51. The molecule has 8 nitrogen and oxygen atoms in total. The first-order valence-electron chi connectivity index (χ1n) is 5.10. The molecule has 0 saturated carbocycles. The van der Waals surface area contributed by atoms with Gasteiger partial charge >= 0.3 is 0 Å². The van der Waals surface area contributed by atoms with Gasteiger partial charge < -0.3 is 35.2 Å². The molecule has 100 valence electrons. The van der Waals surface area contributed by atoms with Gasteiger partial charge in [0.1, 0.15) is 31.0 Å². The van der Waals surface area contributed by atoms with Crippen molar-refractivity contribution in [2.45, 2.75) is 30.6 Å². The molecule has 0 bridgehead atoms. The average molecular weight is 251 g/mol. The molecule has 0 aromatic carbocycles. The summed E-state index contributed by atoms with van der Waals surface area (Å²) < 4.78 is 9.42. The molecule has 0 aliphatic carbocycles. The van der Waals surface area contributed by atoms with Crippen molar-refractivity contribution in [3.05, 3.63) is 0 Å². The molecule has 3 unspecified atom stereocenters. The van der Waals surface area contributed by atoms with Gasteiger partial charge in [-0.1, -0.05) is 0 Å². The molecule has 1 saturated heterocycles. The van der Waals surface area contributed by atoms with Crippen LogP contribution in [0.1, 0.15) is 0 Å². The maximum absolute atomic E-state index is 11.2.